The standard InChI is InChI=1S/C9H19NO2/c1-10(5-8-11-2)9-3-6-12-7-4-9/h9H,3-8H2,1-2H3. The monoisotopic (exact) mass is 173 g/mol. The molecule has 1 rings (SSSR count). The smallest absolute Gasteiger partial charge is 0.0589 e. The van der Waals surface area contributed by atoms with Gasteiger partial charge in [0.25, 0.3) is 0 Å². The van der Waals surface area contributed by atoms with E-state index in [1.165, 1.54) is 12.8 Å². The molecule has 3 nitrogen and oxygen atoms in total. The summed E-state index contributed by atoms with van der Waals surface area (Å²) < 4.78 is 10.3. The van der Waals surface area contributed by atoms with Crippen molar-refractivity contribution in [3.63, 3.8) is 0 Å². The predicted octanol–water partition coefficient (Wildman–Crippen LogP) is 0.744. The molecule has 0 radical (unpaired) electrons. The van der Waals surface area contributed by atoms with Crippen molar-refractivity contribution in [2.75, 3.05) is 40.5 Å². The van der Waals surface area contributed by atoms with Gasteiger partial charge in [-0.3, -0.25) is 0 Å². The molecule has 0 saturated carbocycles. The van der Waals surface area contributed by atoms with Crippen molar-refractivity contribution in [3.8, 4) is 0 Å². The van der Waals surface area contributed by atoms with E-state index in [-0.39, 0.29) is 0 Å². The van der Waals surface area contributed by atoms with Gasteiger partial charge < -0.3 is 14.4 Å². The molecule has 72 valence electrons. The second-order valence-corrected chi connectivity index (χ2v) is 3.32. The quantitative estimate of drug-likeness (QED) is 0.626. The maximum Gasteiger partial charge on any atom is 0.0589 e. The maximum atomic E-state index is 5.30. The Morgan fingerprint density at radius 1 is 1.42 bits per heavy atom. The van der Waals surface area contributed by atoms with Crippen LogP contribution in [-0.2, 0) is 9.47 Å². The zero-order chi connectivity index (χ0) is 8.81. The predicted molar refractivity (Wildman–Crippen MR) is 48.3 cm³/mol. The zero-order valence-electron chi connectivity index (χ0n) is 8.08. The molecule has 0 aromatic heterocycles. The van der Waals surface area contributed by atoms with E-state index in [1.54, 1.807) is 7.11 Å². The summed E-state index contributed by atoms with van der Waals surface area (Å²) in [5.41, 5.74) is 0. The lowest BCUT2D eigenvalue weighted by Gasteiger charge is -2.30. The first-order chi connectivity index (χ1) is 5.84. The van der Waals surface area contributed by atoms with Crippen LogP contribution in [0.4, 0.5) is 0 Å². The number of hydrogen-bond donors (Lipinski definition) is 0. The van der Waals surface area contributed by atoms with Gasteiger partial charge >= 0.3 is 0 Å². The van der Waals surface area contributed by atoms with Crippen LogP contribution in [0.1, 0.15) is 12.8 Å². The molecule has 0 aromatic carbocycles. The van der Waals surface area contributed by atoms with Crippen LogP contribution in [0.25, 0.3) is 0 Å². The molecule has 0 unspecified atom stereocenters. The third kappa shape index (κ3) is 3.09. The maximum absolute atomic E-state index is 5.30. The van der Waals surface area contributed by atoms with Gasteiger partial charge in [-0.1, -0.05) is 0 Å². The average molecular weight is 173 g/mol. The molecule has 3 heteroatoms. The number of likely N-dealkylation sites (N-methyl/N-ethyl adjacent to an activating group) is 1. The van der Waals surface area contributed by atoms with Gasteiger partial charge in [0.2, 0.25) is 0 Å². The topological polar surface area (TPSA) is 21.7 Å². The lowest BCUT2D eigenvalue weighted by atomic mass is 10.1. The molecule has 0 aliphatic carbocycles. The molecule has 1 aliphatic heterocycles. The number of nitrogens with zero attached hydrogens (tertiary/aromatic N) is 1. The zero-order valence-corrected chi connectivity index (χ0v) is 8.08. The molecule has 0 bridgehead atoms. The molecule has 1 saturated heterocycles. The molecule has 0 spiro atoms. The van der Waals surface area contributed by atoms with Crippen molar-refractivity contribution < 1.29 is 9.47 Å². The minimum atomic E-state index is 0.703. The van der Waals surface area contributed by atoms with Crippen LogP contribution >= 0.6 is 0 Å². The minimum absolute atomic E-state index is 0.703. The van der Waals surface area contributed by atoms with Gasteiger partial charge in [-0.25, -0.2) is 0 Å². The van der Waals surface area contributed by atoms with Gasteiger partial charge in [0, 0.05) is 32.9 Å². The van der Waals surface area contributed by atoms with Crippen molar-refractivity contribution >= 4 is 0 Å². The molecule has 1 heterocycles. The summed E-state index contributed by atoms with van der Waals surface area (Å²) in [6.07, 6.45) is 2.33. The highest BCUT2D eigenvalue weighted by atomic mass is 16.5. The molecule has 0 amide bonds. The molecular formula is C9H19NO2. The summed E-state index contributed by atoms with van der Waals surface area (Å²) in [5.74, 6) is 0. The van der Waals surface area contributed by atoms with Crippen LogP contribution < -0.4 is 0 Å². The number of hydrogen-bond acceptors (Lipinski definition) is 3. The summed E-state index contributed by atoms with van der Waals surface area (Å²) in [5, 5.41) is 0. The highest BCUT2D eigenvalue weighted by Crippen LogP contribution is 2.11. The van der Waals surface area contributed by atoms with Gasteiger partial charge in [0.1, 0.15) is 0 Å². The Bertz CT molecular complexity index is 113. The van der Waals surface area contributed by atoms with E-state index in [9.17, 15) is 0 Å². The van der Waals surface area contributed by atoms with Gasteiger partial charge in [-0.05, 0) is 19.9 Å². The van der Waals surface area contributed by atoms with Crippen LogP contribution in [0.2, 0.25) is 0 Å². The minimum Gasteiger partial charge on any atom is -0.383 e. The Kier molecular flexibility index (Phi) is 4.58. The van der Waals surface area contributed by atoms with E-state index in [0.717, 1.165) is 26.4 Å². The largest absolute Gasteiger partial charge is 0.383 e. The van der Waals surface area contributed by atoms with Gasteiger partial charge in [0.05, 0.1) is 6.61 Å². The van der Waals surface area contributed by atoms with E-state index in [0.29, 0.717) is 6.04 Å². The van der Waals surface area contributed by atoms with E-state index in [2.05, 4.69) is 11.9 Å². The van der Waals surface area contributed by atoms with Crippen LogP contribution in [0.3, 0.4) is 0 Å². The van der Waals surface area contributed by atoms with Crippen molar-refractivity contribution in [1.82, 2.24) is 4.90 Å². The lowest BCUT2D eigenvalue weighted by Crippen LogP contribution is -2.38. The Morgan fingerprint density at radius 2 is 2.08 bits per heavy atom. The van der Waals surface area contributed by atoms with Crippen molar-refractivity contribution in [2.45, 2.75) is 18.9 Å². The fourth-order valence-electron chi connectivity index (χ4n) is 1.54. The van der Waals surface area contributed by atoms with E-state index in [1.807, 2.05) is 0 Å². The molecule has 1 aliphatic rings. The van der Waals surface area contributed by atoms with E-state index >= 15 is 0 Å². The summed E-state index contributed by atoms with van der Waals surface area (Å²) in [4.78, 5) is 2.37. The fraction of sp³-hybridized carbons (Fsp3) is 1.00. The SMILES string of the molecule is COCCN(C)C1CCOCC1. The summed E-state index contributed by atoms with van der Waals surface area (Å²) >= 11 is 0. The molecule has 0 atom stereocenters. The average Bonchev–Trinajstić information content (AvgIpc) is 2.15. The van der Waals surface area contributed by atoms with Crippen molar-refractivity contribution in [1.29, 1.82) is 0 Å². The van der Waals surface area contributed by atoms with Gasteiger partial charge in [-0.15, -0.1) is 0 Å². The fourth-order valence-corrected chi connectivity index (χ4v) is 1.54. The molecular weight excluding hydrogens is 154 g/mol. The number of methoxy groups -OCH3 is 1. The van der Waals surface area contributed by atoms with Gasteiger partial charge in [0.15, 0.2) is 0 Å². The highest BCUT2D eigenvalue weighted by molar-refractivity contribution is 4.71. The summed E-state index contributed by atoms with van der Waals surface area (Å²) in [6, 6.07) is 0.703. The first kappa shape index (κ1) is 9.96. The Hall–Kier alpha value is -0.120. The molecule has 12 heavy (non-hydrogen) atoms. The molecule has 1 fully saturated rings. The first-order valence-electron chi connectivity index (χ1n) is 4.61. The van der Waals surface area contributed by atoms with Crippen LogP contribution in [0, 0.1) is 0 Å². The van der Waals surface area contributed by atoms with Gasteiger partial charge in [-0.2, -0.15) is 0 Å². The Labute approximate surface area is 74.6 Å². The highest BCUT2D eigenvalue weighted by Gasteiger charge is 2.17. The second kappa shape index (κ2) is 5.51. The lowest BCUT2D eigenvalue weighted by molar-refractivity contribution is 0.0348. The third-order valence-electron chi connectivity index (χ3n) is 2.46. The number of rotatable bonds is 4. The Balaban J connectivity index is 2.15. The normalized spacial score (nSPS) is 20.2. The van der Waals surface area contributed by atoms with Crippen LogP contribution in [0.15, 0.2) is 0 Å². The van der Waals surface area contributed by atoms with E-state index in [4.69, 9.17) is 9.47 Å². The second-order valence-electron chi connectivity index (χ2n) is 3.32. The van der Waals surface area contributed by atoms with Crippen molar-refractivity contribution in [3.05, 3.63) is 0 Å². The van der Waals surface area contributed by atoms with E-state index < -0.39 is 0 Å². The van der Waals surface area contributed by atoms with Crippen molar-refractivity contribution in [2.24, 2.45) is 0 Å². The Morgan fingerprint density at radius 3 is 2.67 bits per heavy atom. The number of ether oxygens (including phenoxy) is 2. The molecule has 0 N–H and O–H groups in total. The van der Waals surface area contributed by atoms with Crippen LogP contribution in [-0.4, -0.2) is 51.5 Å². The first-order valence-corrected chi connectivity index (χ1v) is 4.61. The summed E-state index contributed by atoms with van der Waals surface area (Å²) in [7, 11) is 3.91. The van der Waals surface area contributed by atoms with Crippen LogP contribution in [0.5, 0.6) is 0 Å². The summed E-state index contributed by atoms with van der Waals surface area (Å²) in [6.45, 7) is 3.69. The third-order valence-corrected chi connectivity index (χ3v) is 2.46. The molecule has 0 aromatic rings.